The molecule has 2 aromatic heterocycles. The normalized spacial score (nSPS) is 16.9. The molecule has 1 aromatic carbocycles. The Labute approximate surface area is 158 Å². The number of aliphatic hydroxyl groups is 1. The molecule has 1 saturated carbocycles. The van der Waals surface area contributed by atoms with Gasteiger partial charge in [-0.3, -0.25) is 9.48 Å². The number of H-pyrrole nitrogens is 1. The topological polar surface area (TPSA) is 82.9 Å². The molecule has 0 bridgehead atoms. The molecule has 1 unspecified atom stereocenters. The number of alkyl halides is 3. The van der Waals surface area contributed by atoms with E-state index >= 15 is 0 Å². The second kappa shape index (κ2) is 6.37. The van der Waals surface area contributed by atoms with Crippen molar-refractivity contribution >= 4 is 22.4 Å². The second-order valence-electron chi connectivity index (χ2n) is 7.31. The molecule has 4 rings (SSSR count). The van der Waals surface area contributed by atoms with E-state index in [1.807, 2.05) is 0 Å². The van der Waals surface area contributed by atoms with Gasteiger partial charge in [0.25, 0.3) is 5.56 Å². The Hall–Kier alpha value is -2.81. The van der Waals surface area contributed by atoms with Gasteiger partial charge in [-0.25, -0.2) is 0 Å². The van der Waals surface area contributed by atoms with Crippen molar-refractivity contribution < 1.29 is 18.3 Å². The molecular weight excluding hydrogens is 373 g/mol. The molecule has 1 atom stereocenters. The average molecular weight is 392 g/mol. The average Bonchev–Trinajstić information content (AvgIpc) is 3.37. The second-order valence-corrected chi connectivity index (χ2v) is 7.31. The van der Waals surface area contributed by atoms with Gasteiger partial charge >= 0.3 is 6.18 Å². The lowest BCUT2D eigenvalue weighted by Gasteiger charge is -2.26. The van der Waals surface area contributed by atoms with Crippen molar-refractivity contribution in [1.29, 1.82) is 0 Å². The molecule has 0 amide bonds. The van der Waals surface area contributed by atoms with Crippen LogP contribution in [0.3, 0.4) is 0 Å². The van der Waals surface area contributed by atoms with E-state index in [0.717, 1.165) is 19.4 Å². The van der Waals surface area contributed by atoms with Crippen LogP contribution in [0.1, 0.15) is 25.3 Å². The van der Waals surface area contributed by atoms with E-state index in [4.69, 9.17) is 0 Å². The van der Waals surface area contributed by atoms with E-state index in [1.165, 1.54) is 24.3 Å². The summed E-state index contributed by atoms with van der Waals surface area (Å²) in [5, 5.41) is 17.7. The monoisotopic (exact) mass is 392 g/mol. The first kappa shape index (κ1) is 18.5. The molecule has 0 radical (unpaired) electrons. The summed E-state index contributed by atoms with van der Waals surface area (Å²) in [6.07, 6.45) is -0.956. The maximum Gasteiger partial charge on any atom is 0.421 e. The number of hydrogen-bond donors (Lipinski definition) is 3. The van der Waals surface area contributed by atoms with Gasteiger partial charge in [-0.1, -0.05) is 12.1 Å². The minimum absolute atomic E-state index is 0.271. The van der Waals surface area contributed by atoms with Gasteiger partial charge in [-0.15, -0.1) is 0 Å². The zero-order valence-corrected chi connectivity index (χ0v) is 15.0. The highest BCUT2D eigenvalue weighted by molar-refractivity contribution is 5.91. The van der Waals surface area contributed by atoms with Crippen LogP contribution in [0, 0.1) is 5.92 Å². The Balaban J connectivity index is 1.66. The summed E-state index contributed by atoms with van der Waals surface area (Å²) in [4.78, 5) is 14.9. The van der Waals surface area contributed by atoms with Gasteiger partial charge in [0.05, 0.1) is 5.52 Å². The van der Waals surface area contributed by atoms with Crippen molar-refractivity contribution in [2.24, 2.45) is 5.92 Å². The van der Waals surface area contributed by atoms with Gasteiger partial charge in [-0.2, -0.15) is 18.3 Å². The van der Waals surface area contributed by atoms with Gasteiger partial charge in [0.15, 0.2) is 11.4 Å². The smallest absolute Gasteiger partial charge is 0.376 e. The third-order valence-electron chi connectivity index (χ3n) is 5.06. The van der Waals surface area contributed by atoms with Gasteiger partial charge in [0, 0.05) is 18.4 Å². The maximum atomic E-state index is 13.0. The molecule has 3 N–H and O–H groups in total. The Bertz CT molecular complexity index is 1060. The Morgan fingerprint density at radius 1 is 1.25 bits per heavy atom. The summed E-state index contributed by atoms with van der Waals surface area (Å²) >= 11 is 0. The van der Waals surface area contributed by atoms with Crippen LogP contribution in [0.15, 0.2) is 41.3 Å². The van der Waals surface area contributed by atoms with Crippen LogP contribution in [0.25, 0.3) is 10.9 Å². The zero-order chi connectivity index (χ0) is 20.1. The van der Waals surface area contributed by atoms with Crippen molar-refractivity contribution in [3.05, 3.63) is 52.4 Å². The highest BCUT2D eigenvalue weighted by atomic mass is 19.4. The van der Waals surface area contributed by atoms with Gasteiger partial charge in [0.1, 0.15) is 5.39 Å². The standard InChI is InChI=1S/C19H19F3N4O2/c1-18(28,19(20,21)22)12-4-6-13(7-5-12)24-16-15-14(8-9-23-17(15)27)26(25-16)10-11-2-3-11/h4-9,11,28H,2-3,10H2,1H3,(H,23,27)(H,24,25). The number of rotatable bonds is 5. The third-order valence-corrected chi connectivity index (χ3v) is 5.06. The number of anilines is 2. The predicted octanol–water partition coefficient (Wildman–Crippen LogP) is 3.65. The molecule has 1 aliphatic carbocycles. The summed E-state index contributed by atoms with van der Waals surface area (Å²) < 4.78 is 40.7. The van der Waals surface area contributed by atoms with E-state index < -0.39 is 11.8 Å². The summed E-state index contributed by atoms with van der Waals surface area (Å²) in [5.41, 5.74) is -2.34. The quantitative estimate of drug-likeness (QED) is 0.619. The van der Waals surface area contributed by atoms with Gasteiger partial charge < -0.3 is 15.4 Å². The van der Waals surface area contributed by atoms with Crippen molar-refractivity contribution in [2.45, 2.75) is 38.1 Å². The Kier molecular flexibility index (Phi) is 4.22. The fourth-order valence-electron chi connectivity index (χ4n) is 3.09. The number of benzene rings is 1. The van der Waals surface area contributed by atoms with Gasteiger partial charge in [0.2, 0.25) is 0 Å². The first-order chi connectivity index (χ1) is 13.2. The van der Waals surface area contributed by atoms with Crippen molar-refractivity contribution in [2.75, 3.05) is 5.32 Å². The number of nitrogens with one attached hydrogen (secondary N) is 2. The molecular formula is C19H19F3N4O2. The highest BCUT2D eigenvalue weighted by Gasteiger charge is 2.51. The third kappa shape index (κ3) is 3.26. The summed E-state index contributed by atoms with van der Waals surface area (Å²) in [5.74, 6) is 0.895. The van der Waals surface area contributed by atoms with Crippen LogP contribution < -0.4 is 10.9 Å². The molecule has 6 nitrogen and oxygen atoms in total. The van der Waals surface area contributed by atoms with E-state index in [2.05, 4.69) is 15.4 Å². The summed E-state index contributed by atoms with van der Waals surface area (Å²) in [6.45, 7) is 1.43. The molecule has 28 heavy (non-hydrogen) atoms. The first-order valence-electron chi connectivity index (χ1n) is 8.91. The largest absolute Gasteiger partial charge is 0.421 e. The molecule has 3 aromatic rings. The van der Waals surface area contributed by atoms with E-state index in [-0.39, 0.29) is 11.1 Å². The van der Waals surface area contributed by atoms with Crippen LogP contribution in [-0.4, -0.2) is 26.0 Å². The summed E-state index contributed by atoms with van der Waals surface area (Å²) in [6, 6.07) is 7.00. The predicted molar refractivity (Wildman–Crippen MR) is 98.4 cm³/mol. The molecule has 9 heteroatoms. The van der Waals surface area contributed by atoms with E-state index in [9.17, 15) is 23.1 Å². The van der Waals surface area contributed by atoms with Crippen LogP contribution >= 0.6 is 0 Å². The van der Waals surface area contributed by atoms with Crippen LogP contribution in [0.4, 0.5) is 24.7 Å². The molecule has 0 aliphatic heterocycles. The number of aromatic nitrogens is 3. The zero-order valence-electron chi connectivity index (χ0n) is 15.0. The number of aromatic amines is 1. The number of halogens is 3. The van der Waals surface area contributed by atoms with E-state index in [1.54, 1.807) is 16.9 Å². The highest BCUT2D eigenvalue weighted by Crippen LogP contribution is 2.39. The number of nitrogens with zero attached hydrogens (tertiary/aromatic N) is 2. The van der Waals surface area contributed by atoms with Gasteiger partial charge in [-0.05, 0) is 49.4 Å². The minimum atomic E-state index is -4.78. The molecule has 0 spiro atoms. The Morgan fingerprint density at radius 2 is 1.93 bits per heavy atom. The van der Waals surface area contributed by atoms with E-state index in [0.29, 0.717) is 35.2 Å². The van der Waals surface area contributed by atoms with Crippen LogP contribution in [0.2, 0.25) is 0 Å². The Morgan fingerprint density at radius 3 is 2.54 bits per heavy atom. The lowest BCUT2D eigenvalue weighted by atomic mass is 9.95. The lowest BCUT2D eigenvalue weighted by Crippen LogP contribution is -2.39. The van der Waals surface area contributed by atoms with Crippen molar-refractivity contribution in [3.63, 3.8) is 0 Å². The molecule has 148 valence electrons. The number of hydrogen-bond acceptors (Lipinski definition) is 4. The van der Waals surface area contributed by atoms with Crippen molar-refractivity contribution in [3.8, 4) is 0 Å². The SMILES string of the molecule is CC(O)(c1ccc(Nc2nn(CC3CC3)c3cc[nH]c(=O)c23)cc1)C(F)(F)F. The fraction of sp³-hybridized carbons (Fsp3) is 0.368. The number of fused-ring (bicyclic) bond motifs is 1. The fourth-order valence-corrected chi connectivity index (χ4v) is 3.09. The lowest BCUT2D eigenvalue weighted by molar-refractivity contribution is -0.258. The summed E-state index contributed by atoms with van der Waals surface area (Å²) in [7, 11) is 0. The number of pyridine rings is 1. The maximum absolute atomic E-state index is 13.0. The molecule has 2 heterocycles. The van der Waals surface area contributed by atoms with Crippen LogP contribution in [-0.2, 0) is 12.1 Å². The minimum Gasteiger partial charge on any atom is -0.376 e. The van der Waals surface area contributed by atoms with Crippen molar-refractivity contribution in [1.82, 2.24) is 14.8 Å². The van der Waals surface area contributed by atoms with Crippen LogP contribution in [0.5, 0.6) is 0 Å². The first-order valence-corrected chi connectivity index (χ1v) is 8.91. The molecule has 1 aliphatic rings. The molecule has 0 saturated heterocycles. The molecule has 1 fully saturated rings.